The summed E-state index contributed by atoms with van der Waals surface area (Å²) in [5, 5.41) is 9.73. The van der Waals surface area contributed by atoms with Gasteiger partial charge in [0.05, 0.1) is 0 Å². The number of ether oxygens (including phenoxy) is 3. The second-order valence-electron chi connectivity index (χ2n) is 4.51. The first-order valence-corrected chi connectivity index (χ1v) is 5.28. The van der Waals surface area contributed by atoms with E-state index >= 15 is 0 Å². The second-order valence-corrected chi connectivity index (χ2v) is 4.51. The first-order chi connectivity index (χ1) is 7.39. The molecule has 2 aliphatic rings. The third-order valence-corrected chi connectivity index (χ3v) is 2.62. The Morgan fingerprint density at radius 1 is 1.31 bits per heavy atom. The summed E-state index contributed by atoms with van der Waals surface area (Å²) in [4.78, 5) is 10.9. The summed E-state index contributed by atoms with van der Waals surface area (Å²) in [6.07, 6.45) is 1.06. The molecule has 4 atom stereocenters. The van der Waals surface area contributed by atoms with Gasteiger partial charge >= 0.3 is 5.97 Å². The maximum absolute atomic E-state index is 10.9. The Hall–Kier alpha value is -0.910. The predicted molar refractivity (Wildman–Crippen MR) is 54.5 cm³/mol. The number of carbonyl (C=O) groups is 1. The highest BCUT2D eigenvalue weighted by Crippen LogP contribution is 2.35. The van der Waals surface area contributed by atoms with Gasteiger partial charge in [0.1, 0.15) is 24.4 Å². The molecule has 2 rings (SSSR count). The van der Waals surface area contributed by atoms with Crippen LogP contribution in [0.15, 0.2) is 12.2 Å². The number of hydrogen-bond acceptors (Lipinski definition) is 5. The van der Waals surface area contributed by atoms with Gasteiger partial charge in [-0.25, -0.2) is 0 Å². The van der Waals surface area contributed by atoms with Crippen LogP contribution in [0.1, 0.15) is 20.8 Å². The average molecular weight is 228 g/mol. The van der Waals surface area contributed by atoms with Gasteiger partial charge in [-0.2, -0.15) is 0 Å². The van der Waals surface area contributed by atoms with E-state index in [1.807, 2.05) is 0 Å². The molecule has 1 aliphatic carbocycles. The number of aliphatic hydroxyl groups excluding tert-OH is 1. The summed E-state index contributed by atoms with van der Waals surface area (Å²) in [5.41, 5.74) is 0. The van der Waals surface area contributed by atoms with Crippen LogP contribution in [0.5, 0.6) is 0 Å². The molecular formula is C11H16O5. The van der Waals surface area contributed by atoms with Crippen LogP contribution in [0.4, 0.5) is 0 Å². The maximum Gasteiger partial charge on any atom is 0.303 e. The molecule has 0 unspecified atom stereocenters. The zero-order valence-corrected chi connectivity index (χ0v) is 9.54. The van der Waals surface area contributed by atoms with Gasteiger partial charge in [-0.15, -0.1) is 0 Å². The first-order valence-electron chi connectivity index (χ1n) is 5.28. The van der Waals surface area contributed by atoms with E-state index in [1.54, 1.807) is 26.0 Å². The van der Waals surface area contributed by atoms with Crippen molar-refractivity contribution >= 4 is 5.97 Å². The van der Waals surface area contributed by atoms with Gasteiger partial charge in [0.15, 0.2) is 5.79 Å². The molecular weight excluding hydrogens is 212 g/mol. The minimum absolute atomic E-state index is 0.377. The fourth-order valence-electron chi connectivity index (χ4n) is 2.08. The Morgan fingerprint density at radius 2 is 1.94 bits per heavy atom. The fraction of sp³-hybridized carbons (Fsp3) is 0.727. The average Bonchev–Trinajstić information content (AvgIpc) is 2.47. The Balaban J connectivity index is 2.17. The summed E-state index contributed by atoms with van der Waals surface area (Å²) < 4.78 is 16.3. The normalized spacial score (nSPS) is 40.5. The van der Waals surface area contributed by atoms with E-state index < -0.39 is 30.2 Å². The van der Waals surface area contributed by atoms with E-state index in [0.29, 0.717) is 0 Å². The third-order valence-electron chi connectivity index (χ3n) is 2.62. The minimum Gasteiger partial charge on any atom is -0.455 e. The maximum atomic E-state index is 10.9. The van der Waals surface area contributed by atoms with Crippen LogP contribution in [0.3, 0.4) is 0 Å². The zero-order chi connectivity index (χ0) is 11.9. The quantitative estimate of drug-likeness (QED) is 0.519. The molecule has 16 heavy (non-hydrogen) atoms. The molecule has 0 aromatic carbocycles. The van der Waals surface area contributed by atoms with Crippen molar-refractivity contribution in [3.05, 3.63) is 12.2 Å². The van der Waals surface area contributed by atoms with Gasteiger partial charge in [0.25, 0.3) is 0 Å². The van der Waals surface area contributed by atoms with Crippen molar-refractivity contribution in [1.82, 2.24) is 0 Å². The lowest BCUT2D eigenvalue weighted by atomic mass is 9.96. The molecule has 0 amide bonds. The molecule has 1 saturated heterocycles. The van der Waals surface area contributed by atoms with Gasteiger partial charge < -0.3 is 19.3 Å². The van der Waals surface area contributed by atoms with E-state index in [1.165, 1.54) is 6.92 Å². The SMILES string of the molecule is CC(=O)O[C@@H]1C=C[C@H](O)[C@H]2OC(C)(C)O[C@H]21. The highest BCUT2D eigenvalue weighted by molar-refractivity contribution is 5.66. The smallest absolute Gasteiger partial charge is 0.303 e. The van der Waals surface area contributed by atoms with E-state index in [2.05, 4.69) is 0 Å². The summed E-state index contributed by atoms with van der Waals surface area (Å²) in [5.74, 6) is -1.14. The van der Waals surface area contributed by atoms with Crippen LogP contribution in [-0.2, 0) is 19.0 Å². The minimum atomic E-state index is -0.763. The molecule has 5 heteroatoms. The van der Waals surface area contributed by atoms with E-state index in [0.717, 1.165) is 0 Å². The predicted octanol–water partition coefficient (Wildman–Crippen LogP) is 0.369. The van der Waals surface area contributed by atoms with Crippen LogP contribution in [0.2, 0.25) is 0 Å². The molecule has 0 saturated carbocycles. The lowest BCUT2D eigenvalue weighted by Crippen LogP contribution is -2.45. The zero-order valence-electron chi connectivity index (χ0n) is 9.54. The first kappa shape index (κ1) is 11.6. The number of rotatable bonds is 1. The fourth-order valence-corrected chi connectivity index (χ4v) is 2.08. The Labute approximate surface area is 94.0 Å². The summed E-state index contributed by atoms with van der Waals surface area (Å²) >= 11 is 0. The van der Waals surface area contributed by atoms with Crippen molar-refractivity contribution < 1.29 is 24.1 Å². The van der Waals surface area contributed by atoms with Gasteiger partial charge in [-0.1, -0.05) is 6.08 Å². The molecule has 0 aromatic heterocycles. The number of hydrogen-bond donors (Lipinski definition) is 1. The molecule has 0 bridgehead atoms. The molecule has 1 N–H and O–H groups in total. The van der Waals surface area contributed by atoms with Crippen LogP contribution in [0, 0.1) is 0 Å². The van der Waals surface area contributed by atoms with E-state index in [-0.39, 0.29) is 5.97 Å². The van der Waals surface area contributed by atoms with Crippen LogP contribution in [-0.4, -0.2) is 41.3 Å². The number of carbonyl (C=O) groups excluding carboxylic acids is 1. The van der Waals surface area contributed by atoms with Crippen molar-refractivity contribution in [2.24, 2.45) is 0 Å². The van der Waals surface area contributed by atoms with Crippen molar-refractivity contribution in [2.75, 3.05) is 0 Å². The number of aliphatic hydroxyl groups is 1. The molecule has 0 spiro atoms. The Kier molecular flexibility index (Phi) is 2.77. The van der Waals surface area contributed by atoms with Crippen LogP contribution in [0.25, 0.3) is 0 Å². The van der Waals surface area contributed by atoms with Crippen LogP contribution >= 0.6 is 0 Å². The van der Waals surface area contributed by atoms with Crippen LogP contribution < -0.4 is 0 Å². The monoisotopic (exact) mass is 228 g/mol. The second kappa shape index (κ2) is 3.84. The summed E-state index contributed by atoms with van der Waals surface area (Å²) in [6.45, 7) is 4.88. The van der Waals surface area contributed by atoms with Crippen molar-refractivity contribution in [3.63, 3.8) is 0 Å². The topological polar surface area (TPSA) is 65.0 Å². The summed E-state index contributed by atoms with van der Waals surface area (Å²) in [6, 6.07) is 0. The van der Waals surface area contributed by atoms with E-state index in [4.69, 9.17) is 14.2 Å². The molecule has 5 nitrogen and oxygen atoms in total. The van der Waals surface area contributed by atoms with Crippen molar-refractivity contribution in [3.8, 4) is 0 Å². The Morgan fingerprint density at radius 3 is 2.56 bits per heavy atom. The third kappa shape index (κ3) is 2.11. The van der Waals surface area contributed by atoms with Gasteiger partial charge in [0.2, 0.25) is 0 Å². The van der Waals surface area contributed by atoms with Crippen molar-refractivity contribution in [2.45, 2.75) is 51.0 Å². The lowest BCUT2D eigenvalue weighted by molar-refractivity contribution is -0.165. The highest BCUT2D eigenvalue weighted by atomic mass is 16.8. The lowest BCUT2D eigenvalue weighted by Gasteiger charge is -2.29. The van der Waals surface area contributed by atoms with Gasteiger partial charge in [-0.3, -0.25) is 4.79 Å². The number of esters is 1. The molecule has 1 aliphatic heterocycles. The standard InChI is InChI=1S/C11H16O5/c1-6(12)14-8-5-4-7(13)9-10(8)16-11(2,3)15-9/h4-5,7-10,13H,1-3H3/t7-,8+,9+,10-/m0/s1. The van der Waals surface area contributed by atoms with E-state index in [9.17, 15) is 9.90 Å². The number of fused-ring (bicyclic) bond motifs is 1. The largest absolute Gasteiger partial charge is 0.455 e. The molecule has 0 radical (unpaired) electrons. The van der Waals surface area contributed by atoms with Gasteiger partial charge in [-0.05, 0) is 19.9 Å². The molecule has 1 heterocycles. The summed E-state index contributed by atoms with van der Waals surface area (Å²) in [7, 11) is 0. The molecule has 90 valence electrons. The Bertz CT molecular complexity index is 322. The highest BCUT2D eigenvalue weighted by Gasteiger charge is 2.50. The molecule has 0 aromatic rings. The molecule has 1 fully saturated rings. The van der Waals surface area contributed by atoms with Gasteiger partial charge in [0, 0.05) is 6.92 Å². The van der Waals surface area contributed by atoms with Crippen molar-refractivity contribution in [1.29, 1.82) is 0 Å².